The van der Waals surface area contributed by atoms with Gasteiger partial charge in [-0.25, -0.2) is 0 Å². The highest BCUT2D eigenvalue weighted by molar-refractivity contribution is 4.78. The van der Waals surface area contributed by atoms with Crippen molar-refractivity contribution < 1.29 is 0 Å². The minimum absolute atomic E-state index is 0.584. The summed E-state index contributed by atoms with van der Waals surface area (Å²) in [6, 6.07) is 0.584. The van der Waals surface area contributed by atoms with Crippen molar-refractivity contribution in [3.05, 3.63) is 12.3 Å². The number of hydrogen-bond donors (Lipinski definition) is 1. The molecule has 0 heterocycles. The largest absolute Gasteiger partial charge is 0.388 e. The molecule has 1 atom stereocenters. The molecule has 0 radical (unpaired) electrons. The molecule has 0 aliphatic heterocycles. The molecule has 54 valence electrons. The van der Waals surface area contributed by atoms with Crippen LogP contribution in [0.25, 0.3) is 0 Å². The van der Waals surface area contributed by atoms with Gasteiger partial charge in [-0.15, -0.1) is 0 Å². The molecule has 0 aromatic carbocycles. The van der Waals surface area contributed by atoms with Gasteiger partial charge in [0.2, 0.25) is 0 Å². The highest BCUT2D eigenvalue weighted by atomic mass is 14.9. The summed E-state index contributed by atoms with van der Waals surface area (Å²) < 4.78 is 0. The Balaban J connectivity index is 3.38. The van der Waals surface area contributed by atoms with Crippen molar-refractivity contribution in [3.8, 4) is 0 Å². The summed E-state index contributed by atoms with van der Waals surface area (Å²) in [5, 5.41) is 3.25. The Hall–Kier alpha value is -0.460. The van der Waals surface area contributed by atoms with Gasteiger partial charge in [0.25, 0.3) is 0 Å². The maximum Gasteiger partial charge on any atom is 0.0250 e. The van der Waals surface area contributed by atoms with E-state index in [0.29, 0.717) is 12.0 Å². The topological polar surface area (TPSA) is 12.0 Å². The van der Waals surface area contributed by atoms with Crippen molar-refractivity contribution in [2.24, 2.45) is 5.92 Å². The van der Waals surface area contributed by atoms with Gasteiger partial charge in [0.15, 0.2) is 0 Å². The molecule has 0 aromatic rings. The van der Waals surface area contributed by atoms with Crippen molar-refractivity contribution >= 4 is 0 Å². The number of allylic oxidation sites excluding steroid dienone is 1. The molecule has 9 heavy (non-hydrogen) atoms. The van der Waals surface area contributed by atoms with Gasteiger partial charge in [-0.1, -0.05) is 19.9 Å². The first-order chi connectivity index (χ1) is 4.18. The van der Waals surface area contributed by atoms with Crippen LogP contribution < -0.4 is 5.32 Å². The van der Waals surface area contributed by atoms with Crippen LogP contribution in [0.4, 0.5) is 0 Å². The van der Waals surface area contributed by atoms with Crippen molar-refractivity contribution in [3.63, 3.8) is 0 Å². The lowest BCUT2D eigenvalue weighted by Crippen LogP contribution is -2.25. The lowest BCUT2D eigenvalue weighted by atomic mass is 10.1. The molecular formula is C8H17N. The normalized spacial score (nSPS) is 14.8. The van der Waals surface area contributed by atoms with Crippen LogP contribution in [-0.4, -0.2) is 6.04 Å². The van der Waals surface area contributed by atoms with E-state index in [2.05, 4.69) is 26.1 Å². The Bertz CT molecular complexity index is 84.6. The predicted molar refractivity (Wildman–Crippen MR) is 42.2 cm³/mol. The van der Waals surface area contributed by atoms with E-state index in [9.17, 15) is 0 Å². The van der Waals surface area contributed by atoms with Crippen molar-refractivity contribution in [2.75, 3.05) is 0 Å². The third-order valence-electron chi connectivity index (χ3n) is 1.53. The van der Waals surface area contributed by atoms with E-state index in [0.717, 1.165) is 0 Å². The zero-order valence-corrected chi connectivity index (χ0v) is 6.81. The molecule has 0 aliphatic rings. The SMILES string of the molecule is C/C=C\NC(C)C(C)C. The number of nitrogens with one attached hydrogen (secondary N) is 1. The lowest BCUT2D eigenvalue weighted by Gasteiger charge is -2.14. The molecule has 0 aromatic heterocycles. The Morgan fingerprint density at radius 2 is 1.78 bits per heavy atom. The fourth-order valence-electron chi connectivity index (χ4n) is 0.440. The Morgan fingerprint density at radius 3 is 2.11 bits per heavy atom. The first-order valence-electron chi connectivity index (χ1n) is 3.55. The second-order valence-electron chi connectivity index (χ2n) is 2.70. The van der Waals surface area contributed by atoms with Gasteiger partial charge in [-0.2, -0.15) is 0 Å². The van der Waals surface area contributed by atoms with Crippen LogP contribution in [0.1, 0.15) is 27.7 Å². The summed E-state index contributed by atoms with van der Waals surface area (Å²) in [6.07, 6.45) is 4.00. The van der Waals surface area contributed by atoms with E-state index in [4.69, 9.17) is 0 Å². The summed E-state index contributed by atoms with van der Waals surface area (Å²) in [5.74, 6) is 0.709. The second kappa shape index (κ2) is 4.42. The molecule has 0 fully saturated rings. The minimum atomic E-state index is 0.584. The zero-order valence-electron chi connectivity index (χ0n) is 6.81. The Labute approximate surface area is 58.2 Å². The molecule has 1 unspecified atom stereocenters. The smallest absolute Gasteiger partial charge is 0.0250 e. The molecule has 1 heteroatoms. The van der Waals surface area contributed by atoms with E-state index in [1.165, 1.54) is 0 Å². The third kappa shape index (κ3) is 4.07. The van der Waals surface area contributed by atoms with Crippen LogP contribution in [0, 0.1) is 5.92 Å². The van der Waals surface area contributed by atoms with Gasteiger partial charge in [0.05, 0.1) is 0 Å². The van der Waals surface area contributed by atoms with Crippen molar-refractivity contribution in [1.29, 1.82) is 0 Å². The van der Waals surface area contributed by atoms with E-state index in [1.54, 1.807) is 0 Å². The second-order valence-corrected chi connectivity index (χ2v) is 2.70. The number of hydrogen-bond acceptors (Lipinski definition) is 1. The molecule has 0 spiro atoms. The average Bonchev–Trinajstić information content (AvgIpc) is 1.82. The highest BCUT2D eigenvalue weighted by Gasteiger charge is 2.01. The van der Waals surface area contributed by atoms with Crippen LogP contribution in [0.2, 0.25) is 0 Å². The highest BCUT2D eigenvalue weighted by Crippen LogP contribution is 1.98. The van der Waals surface area contributed by atoms with E-state index in [1.807, 2.05) is 19.2 Å². The van der Waals surface area contributed by atoms with E-state index in [-0.39, 0.29) is 0 Å². The van der Waals surface area contributed by atoms with Crippen LogP contribution in [0.5, 0.6) is 0 Å². The summed E-state index contributed by atoms with van der Waals surface area (Å²) in [5.41, 5.74) is 0. The monoisotopic (exact) mass is 127 g/mol. The van der Waals surface area contributed by atoms with Gasteiger partial charge in [-0.3, -0.25) is 0 Å². The average molecular weight is 127 g/mol. The van der Waals surface area contributed by atoms with Crippen LogP contribution in [-0.2, 0) is 0 Å². The van der Waals surface area contributed by atoms with Gasteiger partial charge in [-0.05, 0) is 26.0 Å². The van der Waals surface area contributed by atoms with Gasteiger partial charge < -0.3 is 5.32 Å². The van der Waals surface area contributed by atoms with E-state index >= 15 is 0 Å². The first-order valence-corrected chi connectivity index (χ1v) is 3.55. The fourth-order valence-corrected chi connectivity index (χ4v) is 0.440. The third-order valence-corrected chi connectivity index (χ3v) is 1.53. The van der Waals surface area contributed by atoms with Crippen LogP contribution in [0.3, 0.4) is 0 Å². The number of rotatable bonds is 3. The van der Waals surface area contributed by atoms with E-state index < -0.39 is 0 Å². The maximum absolute atomic E-state index is 3.25. The van der Waals surface area contributed by atoms with Gasteiger partial charge in [0, 0.05) is 6.04 Å². The zero-order chi connectivity index (χ0) is 7.28. The molecular weight excluding hydrogens is 110 g/mol. The molecule has 0 bridgehead atoms. The molecule has 0 amide bonds. The quantitative estimate of drug-likeness (QED) is 0.612. The van der Waals surface area contributed by atoms with Crippen molar-refractivity contribution in [1.82, 2.24) is 5.32 Å². The first kappa shape index (κ1) is 8.54. The molecule has 1 N–H and O–H groups in total. The standard InChI is InChI=1S/C8H17N/c1-5-6-9-8(4)7(2)3/h5-9H,1-4H3/b6-5-. The Morgan fingerprint density at radius 1 is 1.22 bits per heavy atom. The molecule has 0 aliphatic carbocycles. The summed E-state index contributed by atoms with van der Waals surface area (Å²) in [4.78, 5) is 0. The molecule has 0 saturated heterocycles. The minimum Gasteiger partial charge on any atom is -0.388 e. The lowest BCUT2D eigenvalue weighted by molar-refractivity contribution is 0.473. The fraction of sp³-hybridized carbons (Fsp3) is 0.750. The molecule has 0 saturated carbocycles. The van der Waals surface area contributed by atoms with Gasteiger partial charge >= 0.3 is 0 Å². The predicted octanol–water partition coefficient (Wildman–Crippen LogP) is 2.15. The van der Waals surface area contributed by atoms with Crippen LogP contribution in [0.15, 0.2) is 12.3 Å². The maximum atomic E-state index is 3.25. The van der Waals surface area contributed by atoms with Crippen LogP contribution >= 0.6 is 0 Å². The summed E-state index contributed by atoms with van der Waals surface area (Å²) in [6.45, 7) is 8.62. The summed E-state index contributed by atoms with van der Waals surface area (Å²) >= 11 is 0. The molecule has 1 nitrogen and oxygen atoms in total. The Kier molecular flexibility index (Phi) is 4.20. The van der Waals surface area contributed by atoms with Crippen molar-refractivity contribution in [2.45, 2.75) is 33.7 Å². The van der Waals surface area contributed by atoms with Gasteiger partial charge in [0.1, 0.15) is 0 Å². The molecule has 0 rings (SSSR count). The summed E-state index contributed by atoms with van der Waals surface area (Å²) in [7, 11) is 0.